The van der Waals surface area contributed by atoms with Gasteiger partial charge in [0.25, 0.3) is 0 Å². The lowest BCUT2D eigenvalue weighted by atomic mass is 10.2. The van der Waals surface area contributed by atoms with Crippen molar-refractivity contribution < 1.29 is 13.9 Å². The maximum Gasteiger partial charge on any atom is 0.223 e. The summed E-state index contributed by atoms with van der Waals surface area (Å²) in [7, 11) is 1.56. The summed E-state index contributed by atoms with van der Waals surface area (Å²) < 4.78 is 18.2. The first kappa shape index (κ1) is 12.4. The van der Waals surface area contributed by atoms with Crippen LogP contribution in [0.1, 0.15) is 12.0 Å². The molecule has 0 bridgehead atoms. The highest BCUT2D eigenvalue weighted by Gasteiger charge is 2.05. The van der Waals surface area contributed by atoms with Crippen LogP contribution in [-0.2, 0) is 11.3 Å². The van der Waals surface area contributed by atoms with E-state index in [1.54, 1.807) is 7.05 Å². The van der Waals surface area contributed by atoms with Gasteiger partial charge in [0.2, 0.25) is 5.91 Å². The van der Waals surface area contributed by atoms with Gasteiger partial charge in [-0.3, -0.25) is 4.79 Å². The van der Waals surface area contributed by atoms with Gasteiger partial charge < -0.3 is 15.8 Å². The van der Waals surface area contributed by atoms with Gasteiger partial charge in [0.05, 0.1) is 13.0 Å². The van der Waals surface area contributed by atoms with Crippen molar-refractivity contribution in [1.82, 2.24) is 5.32 Å². The molecule has 0 aliphatic carbocycles. The van der Waals surface area contributed by atoms with E-state index < -0.39 is 0 Å². The van der Waals surface area contributed by atoms with Crippen LogP contribution in [0.15, 0.2) is 18.2 Å². The third-order valence-corrected chi connectivity index (χ3v) is 2.11. The zero-order valence-corrected chi connectivity index (χ0v) is 9.13. The molecule has 0 saturated heterocycles. The van der Waals surface area contributed by atoms with E-state index in [0.717, 1.165) is 0 Å². The van der Waals surface area contributed by atoms with Gasteiger partial charge in [-0.25, -0.2) is 4.39 Å². The monoisotopic (exact) mass is 226 g/mol. The molecule has 0 fully saturated rings. The lowest BCUT2D eigenvalue weighted by molar-refractivity contribution is -0.121. The van der Waals surface area contributed by atoms with Crippen LogP contribution in [0, 0.1) is 5.82 Å². The molecule has 0 aliphatic heterocycles. The van der Waals surface area contributed by atoms with Gasteiger partial charge >= 0.3 is 0 Å². The highest BCUT2D eigenvalue weighted by Crippen LogP contribution is 2.19. The molecule has 0 aromatic heterocycles. The molecule has 0 atom stereocenters. The molecule has 0 spiro atoms. The minimum Gasteiger partial charge on any atom is -0.493 e. The maximum atomic E-state index is 12.9. The number of nitrogens with two attached hydrogens (primary N) is 1. The Morgan fingerprint density at radius 3 is 2.94 bits per heavy atom. The predicted molar refractivity (Wildman–Crippen MR) is 58.5 cm³/mol. The molecule has 0 aliphatic rings. The summed E-state index contributed by atoms with van der Waals surface area (Å²) in [5, 5.41) is 2.49. The summed E-state index contributed by atoms with van der Waals surface area (Å²) in [5.74, 6) is 0.0725. The molecule has 5 heteroatoms. The van der Waals surface area contributed by atoms with E-state index in [0.29, 0.717) is 11.3 Å². The molecule has 0 heterocycles. The number of halogens is 1. The fraction of sp³-hybridized carbons (Fsp3) is 0.364. The summed E-state index contributed by atoms with van der Waals surface area (Å²) in [6, 6.07) is 4.14. The maximum absolute atomic E-state index is 12.9. The molecule has 16 heavy (non-hydrogen) atoms. The zero-order chi connectivity index (χ0) is 12.0. The van der Waals surface area contributed by atoms with Crippen molar-refractivity contribution in [1.29, 1.82) is 0 Å². The molecule has 1 amide bonds. The lowest BCUT2D eigenvalue weighted by Crippen LogP contribution is -2.20. The van der Waals surface area contributed by atoms with Crippen LogP contribution in [0.3, 0.4) is 0 Å². The molecule has 4 nitrogen and oxygen atoms in total. The summed E-state index contributed by atoms with van der Waals surface area (Å²) in [6.45, 7) is 0.450. The standard InChI is InChI=1S/C11H15FN2O2/c1-14-11(15)4-5-16-10-3-2-9(12)6-8(10)7-13/h2-3,6H,4-5,7,13H2,1H3,(H,14,15). The second kappa shape index (κ2) is 6.07. The zero-order valence-electron chi connectivity index (χ0n) is 9.13. The Labute approximate surface area is 93.6 Å². The fourth-order valence-electron chi connectivity index (χ4n) is 1.23. The summed E-state index contributed by atoms with van der Waals surface area (Å²) >= 11 is 0. The number of benzene rings is 1. The van der Waals surface area contributed by atoms with Crippen LogP contribution in [0.4, 0.5) is 4.39 Å². The van der Waals surface area contributed by atoms with Crippen molar-refractivity contribution in [2.24, 2.45) is 5.73 Å². The molecule has 3 N–H and O–H groups in total. The molecule has 1 aromatic rings. The summed E-state index contributed by atoms with van der Waals surface area (Å²) in [4.78, 5) is 10.9. The van der Waals surface area contributed by atoms with Crippen LogP contribution in [0.5, 0.6) is 5.75 Å². The summed E-state index contributed by atoms with van der Waals surface area (Å²) in [5.41, 5.74) is 6.05. The highest BCUT2D eigenvalue weighted by atomic mass is 19.1. The van der Waals surface area contributed by atoms with Crippen molar-refractivity contribution in [3.63, 3.8) is 0 Å². The number of hydrogen-bond acceptors (Lipinski definition) is 3. The number of amides is 1. The molecule has 1 aromatic carbocycles. The topological polar surface area (TPSA) is 64.3 Å². The van der Waals surface area contributed by atoms with E-state index in [-0.39, 0.29) is 31.3 Å². The van der Waals surface area contributed by atoms with Gasteiger partial charge in [0.1, 0.15) is 11.6 Å². The third kappa shape index (κ3) is 3.51. The number of hydrogen-bond donors (Lipinski definition) is 2. The number of nitrogens with one attached hydrogen (secondary N) is 1. The number of rotatable bonds is 5. The Balaban J connectivity index is 2.56. The molecule has 0 saturated carbocycles. The van der Waals surface area contributed by atoms with Crippen molar-refractivity contribution in [3.05, 3.63) is 29.6 Å². The first-order valence-corrected chi connectivity index (χ1v) is 4.99. The van der Waals surface area contributed by atoms with E-state index in [4.69, 9.17) is 10.5 Å². The van der Waals surface area contributed by atoms with Gasteiger partial charge in [0.15, 0.2) is 0 Å². The second-order valence-corrected chi connectivity index (χ2v) is 3.23. The Morgan fingerprint density at radius 2 is 2.31 bits per heavy atom. The fourth-order valence-corrected chi connectivity index (χ4v) is 1.23. The Hall–Kier alpha value is -1.62. The number of carbonyl (C=O) groups excluding carboxylic acids is 1. The molecule has 88 valence electrons. The average Bonchev–Trinajstić information content (AvgIpc) is 2.30. The average molecular weight is 226 g/mol. The van der Waals surface area contributed by atoms with E-state index in [1.165, 1.54) is 18.2 Å². The normalized spacial score (nSPS) is 9.94. The SMILES string of the molecule is CNC(=O)CCOc1ccc(F)cc1CN. The Kier molecular flexibility index (Phi) is 4.72. The van der Waals surface area contributed by atoms with Crippen molar-refractivity contribution in [3.8, 4) is 5.75 Å². The highest BCUT2D eigenvalue weighted by molar-refractivity contribution is 5.75. The first-order valence-electron chi connectivity index (χ1n) is 4.99. The Morgan fingerprint density at radius 1 is 1.56 bits per heavy atom. The largest absolute Gasteiger partial charge is 0.493 e. The van der Waals surface area contributed by atoms with Gasteiger partial charge in [-0.1, -0.05) is 0 Å². The van der Waals surface area contributed by atoms with Crippen LogP contribution >= 0.6 is 0 Å². The van der Waals surface area contributed by atoms with Crippen molar-refractivity contribution in [2.45, 2.75) is 13.0 Å². The van der Waals surface area contributed by atoms with Crippen LogP contribution < -0.4 is 15.8 Å². The summed E-state index contributed by atoms with van der Waals surface area (Å²) in [6.07, 6.45) is 0.262. The quantitative estimate of drug-likeness (QED) is 0.780. The number of carbonyl (C=O) groups is 1. The van der Waals surface area contributed by atoms with E-state index in [1.807, 2.05) is 0 Å². The van der Waals surface area contributed by atoms with E-state index in [9.17, 15) is 9.18 Å². The van der Waals surface area contributed by atoms with Crippen molar-refractivity contribution >= 4 is 5.91 Å². The lowest BCUT2D eigenvalue weighted by Gasteiger charge is -2.09. The minimum absolute atomic E-state index is 0.101. The Bertz CT molecular complexity index is 369. The molecule has 1 rings (SSSR count). The minimum atomic E-state index is -0.348. The van der Waals surface area contributed by atoms with Crippen LogP contribution in [-0.4, -0.2) is 19.6 Å². The smallest absolute Gasteiger partial charge is 0.223 e. The molecule has 0 radical (unpaired) electrons. The van der Waals surface area contributed by atoms with Gasteiger partial charge in [0, 0.05) is 19.2 Å². The van der Waals surface area contributed by atoms with E-state index in [2.05, 4.69) is 5.32 Å². The van der Waals surface area contributed by atoms with Crippen molar-refractivity contribution in [2.75, 3.05) is 13.7 Å². The first-order chi connectivity index (χ1) is 7.67. The van der Waals surface area contributed by atoms with Gasteiger partial charge in [-0.05, 0) is 18.2 Å². The van der Waals surface area contributed by atoms with Crippen LogP contribution in [0.2, 0.25) is 0 Å². The third-order valence-electron chi connectivity index (χ3n) is 2.11. The second-order valence-electron chi connectivity index (χ2n) is 3.23. The predicted octanol–water partition coefficient (Wildman–Crippen LogP) is 0.799. The van der Waals surface area contributed by atoms with Gasteiger partial charge in [-0.15, -0.1) is 0 Å². The molecule has 0 unspecified atom stereocenters. The van der Waals surface area contributed by atoms with E-state index >= 15 is 0 Å². The number of ether oxygens (including phenoxy) is 1. The van der Waals surface area contributed by atoms with Gasteiger partial charge in [-0.2, -0.15) is 0 Å². The molecular weight excluding hydrogens is 211 g/mol. The van der Waals surface area contributed by atoms with Crippen LogP contribution in [0.25, 0.3) is 0 Å². The molecular formula is C11H15FN2O2.